The minimum Gasteiger partial charge on any atom is -0.465 e. The molecule has 0 atom stereocenters. The topological polar surface area (TPSA) is 56.3 Å². The number of ketones is 1. The number of Topliss-reactive ketones (excluding diaryl/α,β-unsaturated/α-hetero) is 1. The Morgan fingerprint density at radius 2 is 2.06 bits per heavy atom. The van der Waals surface area contributed by atoms with Gasteiger partial charge in [0.15, 0.2) is 5.78 Å². The number of nitrogens with zero attached hydrogens (tertiary/aromatic N) is 1. The van der Waals surface area contributed by atoms with Crippen molar-refractivity contribution in [2.24, 2.45) is 5.41 Å². The first kappa shape index (κ1) is 13.4. The van der Waals surface area contributed by atoms with Crippen molar-refractivity contribution in [2.45, 2.75) is 27.7 Å². The third kappa shape index (κ3) is 2.90. The Kier molecular flexibility index (Phi) is 3.99. The molecule has 17 heavy (non-hydrogen) atoms. The van der Waals surface area contributed by atoms with Crippen LogP contribution < -0.4 is 0 Å². The van der Waals surface area contributed by atoms with Crippen LogP contribution >= 0.6 is 0 Å². The highest BCUT2D eigenvalue weighted by Gasteiger charge is 2.38. The monoisotopic (exact) mass is 235 g/mol. The average Bonchev–Trinajstić information content (AvgIpc) is 2.28. The third-order valence-corrected chi connectivity index (χ3v) is 2.50. The van der Waals surface area contributed by atoms with Crippen molar-refractivity contribution in [3.8, 4) is 0 Å². The van der Waals surface area contributed by atoms with Crippen LogP contribution in [0.2, 0.25) is 0 Å². The lowest BCUT2D eigenvalue weighted by molar-refractivity contribution is -0.150. The quantitative estimate of drug-likeness (QED) is 0.456. The highest BCUT2D eigenvalue weighted by Crippen LogP contribution is 2.23. The van der Waals surface area contributed by atoms with E-state index in [4.69, 9.17) is 4.74 Å². The maximum absolute atomic E-state index is 12.2. The molecule has 0 N–H and O–H groups in total. The SMILES string of the molecule is CCOC(=O)C(C)(C)C(=O)c1cc(C)ccn1. The normalized spacial score (nSPS) is 11.1. The molecule has 0 aliphatic carbocycles. The number of pyridine rings is 1. The van der Waals surface area contributed by atoms with Gasteiger partial charge in [0, 0.05) is 6.20 Å². The van der Waals surface area contributed by atoms with Gasteiger partial charge in [0.25, 0.3) is 0 Å². The van der Waals surface area contributed by atoms with Gasteiger partial charge in [-0.2, -0.15) is 0 Å². The van der Waals surface area contributed by atoms with Gasteiger partial charge in [-0.25, -0.2) is 0 Å². The predicted molar refractivity (Wildman–Crippen MR) is 63.7 cm³/mol. The lowest BCUT2D eigenvalue weighted by atomic mass is 9.86. The standard InChI is InChI=1S/C13H17NO3/c1-5-17-12(16)13(3,4)11(15)10-8-9(2)6-7-14-10/h6-8H,5H2,1-4H3. The summed E-state index contributed by atoms with van der Waals surface area (Å²) in [4.78, 5) is 27.9. The van der Waals surface area contributed by atoms with E-state index in [1.165, 1.54) is 0 Å². The van der Waals surface area contributed by atoms with E-state index >= 15 is 0 Å². The second-order valence-electron chi connectivity index (χ2n) is 4.39. The molecule has 0 unspecified atom stereocenters. The lowest BCUT2D eigenvalue weighted by Gasteiger charge is -2.20. The van der Waals surface area contributed by atoms with Gasteiger partial charge < -0.3 is 4.74 Å². The molecule has 4 heteroatoms. The summed E-state index contributed by atoms with van der Waals surface area (Å²) in [5.41, 5.74) is 0.0302. The number of aromatic nitrogens is 1. The molecule has 0 saturated heterocycles. The average molecular weight is 235 g/mol. The number of hydrogen-bond acceptors (Lipinski definition) is 4. The zero-order valence-corrected chi connectivity index (χ0v) is 10.6. The van der Waals surface area contributed by atoms with E-state index in [0.717, 1.165) is 5.56 Å². The third-order valence-electron chi connectivity index (χ3n) is 2.50. The van der Waals surface area contributed by atoms with E-state index < -0.39 is 11.4 Å². The van der Waals surface area contributed by atoms with Gasteiger partial charge in [0.05, 0.1) is 6.61 Å². The predicted octanol–water partition coefficient (Wildman–Crippen LogP) is 2.16. The second kappa shape index (κ2) is 5.08. The van der Waals surface area contributed by atoms with E-state index in [2.05, 4.69) is 4.98 Å². The maximum Gasteiger partial charge on any atom is 0.319 e. The Bertz CT molecular complexity index is 438. The van der Waals surface area contributed by atoms with Crippen molar-refractivity contribution < 1.29 is 14.3 Å². The van der Waals surface area contributed by atoms with Crippen LogP contribution in [0.3, 0.4) is 0 Å². The fourth-order valence-electron chi connectivity index (χ4n) is 1.38. The largest absolute Gasteiger partial charge is 0.465 e. The van der Waals surface area contributed by atoms with Gasteiger partial charge in [-0.3, -0.25) is 14.6 Å². The van der Waals surface area contributed by atoms with Gasteiger partial charge in [-0.1, -0.05) is 0 Å². The molecule has 0 aromatic carbocycles. The summed E-state index contributed by atoms with van der Waals surface area (Å²) < 4.78 is 4.89. The van der Waals surface area contributed by atoms with E-state index in [1.807, 2.05) is 6.92 Å². The van der Waals surface area contributed by atoms with Crippen LogP contribution in [-0.2, 0) is 9.53 Å². The minimum atomic E-state index is -1.20. The fourth-order valence-corrected chi connectivity index (χ4v) is 1.38. The Labute approximate surface area is 101 Å². The van der Waals surface area contributed by atoms with Crippen molar-refractivity contribution in [1.29, 1.82) is 0 Å². The lowest BCUT2D eigenvalue weighted by Crippen LogP contribution is -2.35. The highest BCUT2D eigenvalue weighted by molar-refractivity contribution is 6.10. The molecule has 0 saturated carbocycles. The number of aryl methyl sites for hydroxylation is 1. The van der Waals surface area contributed by atoms with E-state index in [-0.39, 0.29) is 12.4 Å². The van der Waals surface area contributed by atoms with Crippen LogP contribution in [-0.4, -0.2) is 23.3 Å². The van der Waals surface area contributed by atoms with Crippen molar-refractivity contribution in [1.82, 2.24) is 4.98 Å². The minimum absolute atomic E-state index is 0.261. The number of esters is 1. The molecule has 1 aromatic heterocycles. The molecule has 1 aromatic rings. The molecule has 4 nitrogen and oxygen atoms in total. The molecule has 0 fully saturated rings. The van der Waals surface area contributed by atoms with Crippen LogP contribution in [0.1, 0.15) is 36.8 Å². The summed E-state index contributed by atoms with van der Waals surface area (Å²) in [6.07, 6.45) is 1.56. The molecule has 0 bridgehead atoms. The van der Waals surface area contributed by atoms with Gasteiger partial charge in [0.1, 0.15) is 11.1 Å². The number of carbonyl (C=O) groups is 2. The first-order valence-electron chi connectivity index (χ1n) is 5.54. The summed E-state index contributed by atoms with van der Waals surface area (Å²) in [6, 6.07) is 3.47. The Morgan fingerprint density at radius 3 is 2.59 bits per heavy atom. The number of ether oxygens (including phenoxy) is 1. The zero-order valence-electron chi connectivity index (χ0n) is 10.6. The molecular weight excluding hydrogens is 218 g/mol. The Balaban J connectivity index is 3.00. The van der Waals surface area contributed by atoms with Gasteiger partial charge >= 0.3 is 5.97 Å². The smallest absolute Gasteiger partial charge is 0.319 e. The molecular formula is C13H17NO3. The molecule has 1 heterocycles. The number of carbonyl (C=O) groups excluding carboxylic acids is 2. The van der Waals surface area contributed by atoms with Crippen LogP contribution in [0.4, 0.5) is 0 Å². The zero-order chi connectivity index (χ0) is 13.1. The van der Waals surface area contributed by atoms with Gasteiger partial charge in [-0.05, 0) is 45.4 Å². The number of rotatable bonds is 4. The maximum atomic E-state index is 12.2. The fraction of sp³-hybridized carbons (Fsp3) is 0.462. The van der Waals surface area contributed by atoms with E-state index in [0.29, 0.717) is 5.69 Å². The first-order valence-corrected chi connectivity index (χ1v) is 5.54. The van der Waals surface area contributed by atoms with Crippen molar-refractivity contribution in [3.63, 3.8) is 0 Å². The second-order valence-corrected chi connectivity index (χ2v) is 4.39. The van der Waals surface area contributed by atoms with E-state index in [9.17, 15) is 9.59 Å². The van der Waals surface area contributed by atoms with Gasteiger partial charge in [0.2, 0.25) is 0 Å². The van der Waals surface area contributed by atoms with Crippen LogP contribution in [0.5, 0.6) is 0 Å². The molecule has 1 rings (SSSR count). The van der Waals surface area contributed by atoms with Gasteiger partial charge in [-0.15, -0.1) is 0 Å². The molecule has 0 amide bonds. The summed E-state index contributed by atoms with van der Waals surface area (Å²) in [7, 11) is 0. The molecule has 0 aliphatic rings. The summed E-state index contributed by atoms with van der Waals surface area (Å²) in [5.74, 6) is -0.840. The van der Waals surface area contributed by atoms with Crippen molar-refractivity contribution in [3.05, 3.63) is 29.6 Å². The number of hydrogen-bond donors (Lipinski definition) is 0. The van der Waals surface area contributed by atoms with Crippen LogP contribution in [0, 0.1) is 12.3 Å². The first-order chi connectivity index (χ1) is 7.89. The molecule has 0 radical (unpaired) electrons. The molecule has 92 valence electrons. The van der Waals surface area contributed by atoms with E-state index in [1.54, 1.807) is 39.1 Å². The van der Waals surface area contributed by atoms with Crippen molar-refractivity contribution in [2.75, 3.05) is 6.61 Å². The highest BCUT2D eigenvalue weighted by atomic mass is 16.5. The summed E-state index contributed by atoms with van der Waals surface area (Å²) in [6.45, 7) is 6.95. The molecule has 0 aliphatic heterocycles. The Hall–Kier alpha value is -1.71. The Morgan fingerprint density at radius 1 is 1.41 bits per heavy atom. The molecule has 0 spiro atoms. The van der Waals surface area contributed by atoms with Crippen LogP contribution in [0.25, 0.3) is 0 Å². The van der Waals surface area contributed by atoms with Crippen LogP contribution in [0.15, 0.2) is 18.3 Å². The van der Waals surface area contributed by atoms with Crippen molar-refractivity contribution >= 4 is 11.8 Å². The summed E-state index contributed by atoms with van der Waals surface area (Å²) in [5, 5.41) is 0. The summed E-state index contributed by atoms with van der Waals surface area (Å²) >= 11 is 0.